The van der Waals surface area contributed by atoms with Crippen LogP contribution < -0.4 is 20.2 Å². The normalized spacial score (nSPS) is 20.5. The van der Waals surface area contributed by atoms with Crippen molar-refractivity contribution in [2.45, 2.75) is 18.9 Å². The predicted molar refractivity (Wildman–Crippen MR) is 147 cm³/mol. The molecule has 6 rings (SSSR count). The van der Waals surface area contributed by atoms with Crippen molar-refractivity contribution in [3.05, 3.63) is 52.4 Å². The number of para-hydroxylation sites is 1. The second kappa shape index (κ2) is 11.2. The number of piperazine rings is 2. The molecule has 3 aromatic rings. The van der Waals surface area contributed by atoms with Crippen molar-refractivity contribution in [1.82, 2.24) is 20.0 Å². The number of carbonyl (C=O) groups is 1. The predicted octanol–water partition coefficient (Wildman–Crippen LogP) is 1.85. The van der Waals surface area contributed by atoms with Gasteiger partial charge in [-0.25, -0.2) is 4.79 Å². The number of anilines is 2. The fraction of sp³-hybridized carbons (Fsp3) is 0.500. The van der Waals surface area contributed by atoms with Crippen molar-refractivity contribution >= 4 is 28.5 Å². The highest BCUT2D eigenvalue weighted by atomic mass is 16.5. The lowest BCUT2D eigenvalue weighted by Crippen LogP contribution is -2.50. The number of fused-ring (bicyclic) bond motifs is 1. The van der Waals surface area contributed by atoms with E-state index in [9.17, 15) is 9.59 Å². The van der Waals surface area contributed by atoms with Gasteiger partial charge in [0.15, 0.2) is 23.0 Å². The maximum absolute atomic E-state index is 13.2. The van der Waals surface area contributed by atoms with E-state index in [1.807, 2.05) is 12.1 Å². The van der Waals surface area contributed by atoms with Crippen molar-refractivity contribution in [1.29, 1.82) is 0 Å². The average molecular weight is 535 g/mol. The van der Waals surface area contributed by atoms with Crippen LogP contribution in [0.3, 0.4) is 0 Å². The first-order valence-corrected chi connectivity index (χ1v) is 13.7. The monoisotopic (exact) mass is 534 g/mol. The van der Waals surface area contributed by atoms with Crippen molar-refractivity contribution in [2.24, 2.45) is 0 Å². The number of rotatable bonds is 6. The van der Waals surface area contributed by atoms with Crippen LogP contribution in [0.1, 0.15) is 23.2 Å². The summed E-state index contributed by atoms with van der Waals surface area (Å²) < 4.78 is 16.5. The lowest BCUT2D eigenvalue weighted by molar-refractivity contribution is 0.0712. The Bertz CT molecular complexity index is 1360. The molecule has 3 saturated heterocycles. The molecule has 39 heavy (non-hydrogen) atoms. The van der Waals surface area contributed by atoms with Gasteiger partial charge >= 0.3 is 5.63 Å². The van der Waals surface area contributed by atoms with Crippen LogP contribution >= 0.6 is 0 Å². The summed E-state index contributed by atoms with van der Waals surface area (Å²) in [5.41, 5.74) is -0.285. The summed E-state index contributed by atoms with van der Waals surface area (Å²) in [6.07, 6.45) is 2.74. The Morgan fingerprint density at radius 1 is 0.974 bits per heavy atom. The Hall–Kier alpha value is -3.70. The van der Waals surface area contributed by atoms with Crippen molar-refractivity contribution in [2.75, 3.05) is 82.4 Å². The topological polar surface area (TPSA) is 104 Å². The third-order valence-corrected chi connectivity index (χ3v) is 7.88. The van der Waals surface area contributed by atoms with E-state index in [0.717, 1.165) is 51.0 Å². The molecule has 0 N–H and O–H groups in total. The molecular weight excluding hydrogens is 500 g/mol. The van der Waals surface area contributed by atoms with Crippen LogP contribution in [-0.2, 0) is 4.74 Å². The Morgan fingerprint density at radius 2 is 1.67 bits per heavy atom. The third kappa shape index (κ3) is 5.41. The summed E-state index contributed by atoms with van der Waals surface area (Å²) in [5, 5.41) is 9.65. The molecule has 2 aromatic heterocycles. The van der Waals surface area contributed by atoms with E-state index in [1.54, 1.807) is 29.2 Å². The van der Waals surface area contributed by atoms with Gasteiger partial charge in [-0.15, -0.1) is 10.2 Å². The van der Waals surface area contributed by atoms with E-state index in [4.69, 9.17) is 13.9 Å². The maximum atomic E-state index is 13.2. The molecule has 3 aliphatic rings. The van der Waals surface area contributed by atoms with Gasteiger partial charge in [0.25, 0.3) is 5.91 Å². The molecule has 0 bridgehead atoms. The average Bonchev–Trinajstić information content (AvgIpc) is 3.50. The number of benzene rings is 1. The number of nitrogens with zero attached hydrogens (tertiary/aromatic N) is 6. The molecule has 1 unspecified atom stereocenters. The maximum Gasteiger partial charge on any atom is 0.349 e. The molecule has 3 aliphatic heterocycles. The van der Waals surface area contributed by atoms with Crippen LogP contribution in [0.25, 0.3) is 11.0 Å². The van der Waals surface area contributed by atoms with Gasteiger partial charge in [-0.3, -0.25) is 9.69 Å². The summed E-state index contributed by atoms with van der Waals surface area (Å²) in [6, 6.07) is 10.9. The van der Waals surface area contributed by atoms with Gasteiger partial charge in [-0.2, -0.15) is 0 Å². The molecular formula is C28H34N6O5. The van der Waals surface area contributed by atoms with Gasteiger partial charge in [0.2, 0.25) is 0 Å². The summed E-state index contributed by atoms with van der Waals surface area (Å²) in [6.45, 7) is 7.94. The van der Waals surface area contributed by atoms with Crippen LogP contribution in [0, 0.1) is 0 Å². The Kier molecular flexibility index (Phi) is 7.34. The standard InChI is InChI=1S/C28H34N6O5/c1-37-23-6-2-4-20-18-22(28(36)39-26(20)23)27(35)34-15-13-33(14-16-34)25-8-7-24(29-30-25)32-11-9-31(10-12-32)19-21-5-3-17-38-21/h2,4,6-8,18,21H,3,5,9-17,19H2,1H3. The largest absolute Gasteiger partial charge is 0.493 e. The van der Waals surface area contributed by atoms with Crippen LogP contribution in [0.4, 0.5) is 11.6 Å². The minimum Gasteiger partial charge on any atom is -0.493 e. The van der Waals surface area contributed by atoms with Gasteiger partial charge in [-0.1, -0.05) is 12.1 Å². The zero-order valence-electron chi connectivity index (χ0n) is 22.3. The van der Waals surface area contributed by atoms with Gasteiger partial charge < -0.3 is 28.6 Å². The molecule has 5 heterocycles. The number of aromatic nitrogens is 2. The van der Waals surface area contributed by atoms with Gasteiger partial charge in [0, 0.05) is 70.9 Å². The number of hydrogen-bond acceptors (Lipinski definition) is 10. The summed E-state index contributed by atoms with van der Waals surface area (Å²) in [7, 11) is 1.51. The van der Waals surface area contributed by atoms with Crippen molar-refractivity contribution in [3.63, 3.8) is 0 Å². The van der Waals surface area contributed by atoms with Crippen LogP contribution in [0.15, 0.2) is 45.6 Å². The Balaban J connectivity index is 1.03. The molecule has 0 radical (unpaired) electrons. The Morgan fingerprint density at radius 3 is 2.28 bits per heavy atom. The lowest BCUT2D eigenvalue weighted by atomic mass is 10.1. The fourth-order valence-corrected chi connectivity index (χ4v) is 5.63. The molecule has 0 aliphatic carbocycles. The highest BCUT2D eigenvalue weighted by molar-refractivity contribution is 5.97. The Labute approximate surface area is 226 Å². The van der Waals surface area contributed by atoms with E-state index >= 15 is 0 Å². The highest BCUT2D eigenvalue weighted by Gasteiger charge is 2.27. The van der Waals surface area contributed by atoms with Gasteiger partial charge in [0.05, 0.1) is 13.2 Å². The fourth-order valence-electron chi connectivity index (χ4n) is 5.63. The smallest absolute Gasteiger partial charge is 0.349 e. The van der Waals surface area contributed by atoms with Crippen LogP contribution in [0.5, 0.6) is 5.75 Å². The molecule has 0 saturated carbocycles. The van der Waals surface area contributed by atoms with E-state index < -0.39 is 5.63 Å². The molecule has 1 atom stereocenters. The first-order valence-electron chi connectivity index (χ1n) is 13.7. The molecule has 1 aromatic carbocycles. The molecule has 3 fully saturated rings. The number of methoxy groups -OCH3 is 1. The quantitative estimate of drug-likeness (QED) is 0.435. The first-order chi connectivity index (χ1) is 19.1. The SMILES string of the molecule is COc1cccc2cc(C(=O)N3CCN(c4ccc(N5CCN(CC6CCCO6)CC5)nn4)CC3)c(=O)oc12. The first kappa shape index (κ1) is 25.6. The van der Waals surface area contributed by atoms with Crippen LogP contribution in [-0.4, -0.2) is 105 Å². The molecule has 1 amide bonds. The molecule has 0 spiro atoms. The number of hydrogen-bond donors (Lipinski definition) is 0. The summed E-state index contributed by atoms with van der Waals surface area (Å²) >= 11 is 0. The second-order valence-corrected chi connectivity index (χ2v) is 10.3. The third-order valence-electron chi connectivity index (χ3n) is 7.88. The minimum absolute atomic E-state index is 0.0317. The van der Waals surface area contributed by atoms with E-state index in [2.05, 4.69) is 24.9 Å². The van der Waals surface area contributed by atoms with E-state index in [1.165, 1.54) is 20.0 Å². The van der Waals surface area contributed by atoms with Crippen molar-refractivity contribution in [3.8, 4) is 5.75 Å². The zero-order chi connectivity index (χ0) is 26.8. The van der Waals surface area contributed by atoms with Crippen LogP contribution in [0.2, 0.25) is 0 Å². The molecule has 11 heteroatoms. The summed E-state index contributed by atoms with van der Waals surface area (Å²) in [5.74, 6) is 1.82. The number of ether oxygens (including phenoxy) is 2. The number of carbonyl (C=O) groups excluding carboxylic acids is 1. The second-order valence-electron chi connectivity index (χ2n) is 10.3. The lowest BCUT2D eigenvalue weighted by Gasteiger charge is -2.37. The summed E-state index contributed by atoms with van der Waals surface area (Å²) in [4.78, 5) is 34.4. The van der Waals surface area contributed by atoms with Crippen molar-refractivity contribution < 1.29 is 18.7 Å². The van der Waals surface area contributed by atoms with E-state index in [0.29, 0.717) is 49.0 Å². The molecule has 11 nitrogen and oxygen atoms in total. The van der Waals surface area contributed by atoms with Gasteiger partial charge in [0.1, 0.15) is 5.56 Å². The minimum atomic E-state index is -0.659. The molecule has 206 valence electrons. The van der Waals surface area contributed by atoms with E-state index in [-0.39, 0.29) is 11.5 Å². The highest BCUT2D eigenvalue weighted by Crippen LogP contribution is 2.25. The zero-order valence-corrected chi connectivity index (χ0v) is 22.3. The van der Waals surface area contributed by atoms with Gasteiger partial charge in [-0.05, 0) is 37.1 Å². The number of amides is 1.